The molecule has 2 fully saturated rings. The number of rotatable bonds is 11. The van der Waals surface area contributed by atoms with Crippen molar-refractivity contribution in [1.82, 2.24) is 4.90 Å². The molecule has 0 radical (unpaired) electrons. The van der Waals surface area contributed by atoms with Crippen LogP contribution in [0.4, 0.5) is 0 Å². The third-order valence-electron chi connectivity index (χ3n) is 7.31. The number of nitrogens with two attached hydrogens (primary N) is 1. The summed E-state index contributed by atoms with van der Waals surface area (Å²) >= 11 is 0. The van der Waals surface area contributed by atoms with Crippen molar-refractivity contribution in [3.8, 4) is 0 Å². The van der Waals surface area contributed by atoms with Gasteiger partial charge in [0.1, 0.15) is 12.6 Å². The van der Waals surface area contributed by atoms with Crippen LogP contribution in [0.3, 0.4) is 0 Å². The Labute approximate surface area is 203 Å². The number of likely N-dealkylation sites (tertiary alicyclic amines) is 1. The van der Waals surface area contributed by atoms with Crippen LogP contribution < -0.4 is 5.73 Å². The third kappa shape index (κ3) is 6.05. The Balaban J connectivity index is 1.86. The van der Waals surface area contributed by atoms with Gasteiger partial charge in [-0.05, 0) is 51.0 Å². The van der Waals surface area contributed by atoms with Gasteiger partial charge >= 0.3 is 11.9 Å². The van der Waals surface area contributed by atoms with Crippen molar-refractivity contribution in [3.05, 3.63) is 35.9 Å². The Morgan fingerprint density at radius 3 is 2.44 bits per heavy atom. The van der Waals surface area contributed by atoms with Crippen molar-refractivity contribution in [2.75, 3.05) is 13.2 Å². The van der Waals surface area contributed by atoms with E-state index in [1.54, 1.807) is 18.7 Å². The van der Waals surface area contributed by atoms with Gasteiger partial charge in [0, 0.05) is 6.54 Å². The second-order valence-electron chi connectivity index (χ2n) is 9.72. The molecule has 34 heavy (non-hydrogen) atoms. The third-order valence-corrected chi connectivity index (χ3v) is 7.31. The lowest BCUT2D eigenvalue weighted by molar-refractivity contribution is -0.168. The molecule has 1 aromatic carbocycles. The van der Waals surface area contributed by atoms with Gasteiger partial charge in [0.25, 0.3) is 0 Å². The minimum atomic E-state index is -1.56. The van der Waals surface area contributed by atoms with E-state index in [-0.39, 0.29) is 19.2 Å². The molecule has 3 atom stereocenters. The van der Waals surface area contributed by atoms with Gasteiger partial charge in [0.05, 0.1) is 12.6 Å². The first-order chi connectivity index (χ1) is 16.4. The Morgan fingerprint density at radius 2 is 1.79 bits per heavy atom. The van der Waals surface area contributed by atoms with Gasteiger partial charge in [-0.1, -0.05) is 62.4 Å². The molecule has 0 spiro atoms. The van der Waals surface area contributed by atoms with E-state index in [0.717, 1.165) is 12.0 Å². The second-order valence-corrected chi connectivity index (χ2v) is 9.72. The zero-order valence-electron chi connectivity index (χ0n) is 20.7. The molecule has 3 rings (SSSR count). The van der Waals surface area contributed by atoms with Crippen LogP contribution >= 0.6 is 0 Å². The van der Waals surface area contributed by atoms with Crippen LogP contribution in [-0.4, -0.2) is 53.4 Å². The summed E-state index contributed by atoms with van der Waals surface area (Å²) in [6, 6.07) is 7.84. The molecule has 7 nitrogen and oxygen atoms in total. The monoisotopic (exact) mass is 472 g/mol. The molecule has 7 heteroatoms. The van der Waals surface area contributed by atoms with E-state index in [2.05, 4.69) is 0 Å². The van der Waals surface area contributed by atoms with Gasteiger partial charge in [-0.25, -0.2) is 4.79 Å². The van der Waals surface area contributed by atoms with Gasteiger partial charge in [-0.2, -0.15) is 0 Å². The number of hydrogen-bond acceptors (Lipinski definition) is 7. The Morgan fingerprint density at radius 1 is 1.09 bits per heavy atom. The Kier molecular flexibility index (Phi) is 9.65. The summed E-state index contributed by atoms with van der Waals surface area (Å²) in [7, 11) is 0. The number of benzene rings is 1. The normalized spacial score (nSPS) is 23.3. The molecular formula is C27H40N2O5. The van der Waals surface area contributed by atoms with Crippen LogP contribution in [0.15, 0.2) is 30.3 Å². The lowest BCUT2D eigenvalue weighted by atomic mass is 9.83. The smallest absolute Gasteiger partial charge is 0.334 e. The molecule has 1 aromatic rings. The summed E-state index contributed by atoms with van der Waals surface area (Å²) in [4.78, 5) is 42.0. The molecule has 0 aromatic heterocycles. The maximum absolute atomic E-state index is 13.6. The van der Waals surface area contributed by atoms with Crippen LogP contribution in [0.5, 0.6) is 0 Å². The summed E-state index contributed by atoms with van der Waals surface area (Å²) in [6.07, 6.45) is 8.37. The fraction of sp³-hybridized carbons (Fsp3) is 0.667. The molecule has 1 heterocycles. The number of hydrogen-bond donors (Lipinski definition) is 1. The van der Waals surface area contributed by atoms with Gasteiger partial charge in [-0.15, -0.1) is 0 Å². The van der Waals surface area contributed by atoms with Crippen molar-refractivity contribution in [2.24, 2.45) is 11.7 Å². The molecule has 1 aliphatic carbocycles. The molecule has 0 unspecified atom stereocenters. The van der Waals surface area contributed by atoms with Crippen LogP contribution in [0, 0.1) is 5.92 Å². The number of ketones is 1. The van der Waals surface area contributed by atoms with E-state index < -0.39 is 29.4 Å². The van der Waals surface area contributed by atoms with Crippen molar-refractivity contribution in [1.29, 1.82) is 0 Å². The van der Waals surface area contributed by atoms with Crippen LogP contribution in [0.25, 0.3) is 0 Å². The van der Waals surface area contributed by atoms with E-state index in [0.29, 0.717) is 31.7 Å². The van der Waals surface area contributed by atoms with Crippen LogP contribution in [0.2, 0.25) is 0 Å². The van der Waals surface area contributed by atoms with Crippen molar-refractivity contribution < 1.29 is 23.9 Å². The summed E-state index contributed by atoms with van der Waals surface area (Å²) in [5.41, 5.74) is 5.31. The van der Waals surface area contributed by atoms with E-state index >= 15 is 0 Å². The van der Waals surface area contributed by atoms with Gasteiger partial charge in [0.15, 0.2) is 11.3 Å². The fourth-order valence-electron chi connectivity index (χ4n) is 5.57. The SMILES string of the molecule is CCOC(=O)[C@H](CCC1CCCCC1)N1CCC[C@@]1(C(=O)OCc1ccccc1)C(=O)[C@H](C)N. The van der Waals surface area contributed by atoms with Crippen LogP contribution in [-0.2, 0) is 30.5 Å². The van der Waals surface area contributed by atoms with Crippen molar-refractivity contribution in [3.63, 3.8) is 0 Å². The molecule has 1 saturated heterocycles. The molecule has 0 amide bonds. The highest BCUT2D eigenvalue weighted by Gasteiger charge is 2.58. The molecule has 2 N–H and O–H groups in total. The molecule has 0 bridgehead atoms. The number of ether oxygens (including phenoxy) is 2. The number of carbonyl (C=O) groups excluding carboxylic acids is 3. The van der Waals surface area contributed by atoms with Gasteiger partial charge in [-0.3, -0.25) is 14.5 Å². The Hall–Kier alpha value is -2.25. The highest BCUT2D eigenvalue weighted by atomic mass is 16.5. The highest BCUT2D eigenvalue weighted by Crippen LogP contribution is 2.37. The number of nitrogens with zero attached hydrogens (tertiary/aromatic N) is 1. The summed E-state index contributed by atoms with van der Waals surface area (Å²) in [6.45, 7) is 4.13. The highest BCUT2D eigenvalue weighted by molar-refractivity contribution is 6.11. The lowest BCUT2D eigenvalue weighted by Gasteiger charge is -2.40. The number of Topliss-reactive ketones (excluding diaryl/α,β-unsaturated/α-hetero) is 1. The van der Waals surface area contributed by atoms with Gasteiger partial charge in [0.2, 0.25) is 0 Å². The van der Waals surface area contributed by atoms with Crippen molar-refractivity contribution >= 4 is 17.7 Å². The minimum Gasteiger partial charge on any atom is -0.465 e. The standard InChI is InChI=1S/C27H40N2O5/c1-3-33-25(31)23(16-15-21-11-6-4-7-12-21)29-18-10-17-27(29,24(30)20(2)28)26(32)34-19-22-13-8-5-9-14-22/h5,8-9,13-14,20-21,23H,3-4,6-7,10-12,15-19,28H2,1-2H3/t20-,23-,27-/m0/s1. The topological polar surface area (TPSA) is 98.9 Å². The molecule has 1 saturated carbocycles. The largest absolute Gasteiger partial charge is 0.465 e. The summed E-state index contributed by atoms with van der Waals surface area (Å²) < 4.78 is 11.1. The van der Waals surface area contributed by atoms with E-state index in [1.165, 1.54) is 32.1 Å². The van der Waals surface area contributed by atoms with Crippen molar-refractivity contribution in [2.45, 2.75) is 95.9 Å². The first-order valence-corrected chi connectivity index (χ1v) is 12.8. The van der Waals surface area contributed by atoms with E-state index in [1.807, 2.05) is 30.3 Å². The maximum atomic E-state index is 13.6. The van der Waals surface area contributed by atoms with Gasteiger partial charge < -0.3 is 15.2 Å². The maximum Gasteiger partial charge on any atom is 0.334 e. The molecule has 2 aliphatic rings. The zero-order valence-corrected chi connectivity index (χ0v) is 20.7. The minimum absolute atomic E-state index is 0.0631. The summed E-state index contributed by atoms with van der Waals surface area (Å²) in [5.74, 6) is -0.826. The quantitative estimate of drug-likeness (QED) is 0.387. The predicted molar refractivity (Wildman–Crippen MR) is 130 cm³/mol. The Bertz CT molecular complexity index is 822. The second kappa shape index (κ2) is 12.5. The zero-order chi connectivity index (χ0) is 24.6. The molecule has 1 aliphatic heterocycles. The molecule has 188 valence electrons. The summed E-state index contributed by atoms with van der Waals surface area (Å²) in [5, 5.41) is 0. The number of esters is 2. The average Bonchev–Trinajstić information content (AvgIpc) is 3.29. The molecular weight excluding hydrogens is 432 g/mol. The van der Waals surface area contributed by atoms with E-state index in [9.17, 15) is 14.4 Å². The predicted octanol–water partition coefficient (Wildman–Crippen LogP) is 3.77. The first kappa shape index (κ1) is 26.4. The van der Waals surface area contributed by atoms with E-state index in [4.69, 9.17) is 15.2 Å². The lowest BCUT2D eigenvalue weighted by Crippen LogP contribution is -2.65. The van der Waals surface area contributed by atoms with Crippen LogP contribution in [0.1, 0.15) is 77.2 Å². The average molecular weight is 473 g/mol. The fourth-order valence-corrected chi connectivity index (χ4v) is 5.57. The number of carbonyl (C=O) groups is 3. The first-order valence-electron chi connectivity index (χ1n) is 12.8.